The van der Waals surface area contributed by atoms with Gasteiger partial charge in [0.05, 0.1) is 13.7 Å². The molecule has 0 saturated heterocycles. The molecular weight excluding hydrogens is 340 g/mol. The summed E-state index contributed by atoms with van der Waals surface area (Å²) in [7, 11) is 3.37. The summed E-state index contributed by atoms with van der Waals surface area (Å²) < 4.78 is 10.8. The average Bonchev–Trinajstić information content (AvgIpc) is 2.69. The molecule has 0 aliphatic heterocycles. The maximum absolute atomic E-state index is 12.6. The Morgan fingerprint density at radius 3 is 2.59 bits per heavy atom. The highest BCUT2D eigenvalue weighted by atomic mass is 16.5. The number of methoxy groups -OCH3 is 1. The molecule has 0 aromatic heterocycles. The summed E-state index contributed by atoms with van der Waals surface area (Å²) in [6, 6.07) is 19.5. The third kappa shape index (κ3) is 4.31. The van der Waals surface area contributed by atoms with Crippen molar-refractivity contribution in [3.05, 3.63) is 66.2 Å². The maximum Gasteiger partial charge on any atom is 0.321 e. The predicted molar refractivity (Wildman–Crippen MR) is 109 cm³/mol. The molecule has 0 aliphatic rings. The number of amides is 2. The second-order valence-corrected chi connectivity index (χ2v) is 6.22. The lowest BCUT2D eigenvalue weighted by molar-refractivity contribution is 0.221. The standard InChI is InChI=1S/C22H24N2O3/c1-4-27-21-14-18(12-13-20(21)26-3)23-22(25)24(2)15-17-10-7-9-16-8-5-6-11-19(16)17/h5-14H,4,15H2,1-3H3,(H,23,25). The van der Waals surface area contributed by atoms with Gasteiger partial charge in [-0.2, -0.15) is 0 Å². The van der Waals surface area contributed by atoms with Crippen LogP contribution in [0.15, 0.2) is 60.7 Å². The molecule has 2 amide bonds. The van der Waals surface area contributed by atoms with Crippen LogP contribution in [0, 0.1) is 0 Å². The summed E-state index contributed by atoms with van der Waals surface area (Å²) in [6.07, 6.45) is 0. The van der Waals surface area contributed by atoms with E-state index >= 15 is 0 Å². The third-order valence-electron chi connectivity index (χ3n) is 4.35. The second kappa shape index (κ2) is 8.45. The van der Waals surface area contributed by atoms with E-state index in [-0.39, 0.29) is 6.03 Å². The van der Waals surface area contributed by atoms with E-state index in [4.69, 9.17) is 9.47 Å². The number of fused-ring (bicyclic) bond motifs is 1. The van der Waals surface area contributed by atoms with E-state index in [1.165, 1.54) is 5.39 Å². The Hall–Kier alpha value is -3.21. The van der Waals surface area contributed by atoms with Gasteiger partial charge in [0.2, 0.25) is 0 Å². The predicted octanol–water partition coefficient (Wildman–Crippen LogP) is 4.91. The van der Waals surface area contributed by atoms with Crippen LogP contribution in [0.3, 0.4) is 0 Å². The van der Waals surface area contributed by atoms with Crippen LogP contribution in [0.25, 0.3) is 10.8 Å². The van der Waals surface area contributed by atoms with Crippen molar-refractivity contribution in [3.8, 4) is 11.5 Å². The fraction of sp³-hybridized carbons (Fsp3) is 0.227. The number of carbonyl (C=O) groups is 1. The van der Waals surface area contributed by atoms with Crippen LogP contribution >= 0.6 is 0 Å². The number of nitrogens with one attached hydrogen (secondary N) is 1. The molecule has 0 heterocycles. The van der Waals surface area contributed by atoms with Crippen molar-refractivity contribution in [2.45, 2.75) is 13.5 Å². The number of anilines is 1. The van der Waals surface area contributed by atoms with Crippen molar-refractivity contribution >= 4 is 22.5 Å². The Morgan fingerprint density at radius 1 is 1.04 bits per heavy atom. The Bertz CT molecular complexity index is 934. The minimum absolute atomic E-state index is 0.185. The topological polar surface area (TPSA) is 50.8 Å². The van der Waals surface area contributed by atoms with E-state index in [0.29, 0.717) is 30.3 Å². The van der Waals surface area contributed by atoms with Gasteiger partial charge in [-0.3, -0.25) is 0 Å². The molecule has 5 nitrogen and oxygen atoms in total. The first-order valence-electron chi connectivity index (χ1n) is 8.92. The first kappa shape index (κ1) is 18.6. The van der Waals surface area contributed by atoms with Crippen molar-refractivity contribution < 1.29 is 14.3 Å². The number of nitrogens with zero attached hydrogens (tertiary/aromatic N) is 1. The number of hydrogen-bond donors (Lipinski definition) is 1. The zero-order chi connectivity index (χ0) is 19.2. The number of hydrogen-bond acceptors (Lipinski definition) is 3. The van der Waals surface area contributed by atoms with Crippen LogP contribution in [0.1, 0.15) is 12.5 Å². The minimum atomic E-state index is -0.185. The molecule has 0 saturated carbocycles. The highest BCUT2D eigenvalue weighted by Gasteiger charge is 2.13. The molecule has 140 valence electrons. The van der Waals surface area contributed by atoms with Crippen molar-refractivity contribution in [2.24, 2.45) is 0 Å². The van der Waals surface area contributed by atoms with Crippen molar-refractivity contribution in [1.29, 1.82) is 0 Å². The van der Waals surface area contributed by atoms with Gasteiger partial charge >= 0.3 is 6.03 Å². The molecule has 27 heavy (non-hydrogen) atoms. The fourth-order valence-electron chi connectivity index (χ4n) is 3.00. The average molecular weight is 364 g/mol. The molecule has 1 N–H and O–H groups in total. The van der Waals surface area contributed by atoms with E-state index in [9.17, 15) is 4.79 Å². The fourth-order valence-corrected chi connectivity index (χ4v) is 3.00. The highest BCUT2D eigenvalue weighted by Crippen LogP contribution is 2.30. The van der Waals surface area contributed by atoms with Gasteiger partial charge in [-0.25, -0.2) is 4.79 Å². The highest BCUT2D eigenvalue weighted by molar-refractivity contribution is 5.90. The molecule has 0 atom stereocenters. The zero-order valence-corrected chi connectivity index (χ0v) is 15.9. The molecule has 3 aromatic carbocycles. The number of rotatable bonds is 6. The largest absolute Gasteiger partial charge is 0.493 e. The Kier molecular flexibility index (Phi) is 5.81. The SMILES string of the molecule is CCOc1cc(NC(=O)N(C)Cc2cccc3ccccc23)ccc1OC. The smallest absolute Gasteiger partial charge is 0.321 e. The van der Waals surface area contributed by atoms with Gasteiger partial charge in [-0.15, -0.1) is 0 Å². The summed E-state index contributed by atoms with van der Waals surface area (Å²) in [5.74, 6) is 1.24. The van der Waals surface area contributed by atoms with Gasteiger partial charge in [0, 0.05) is 25.3 Å². The van der Waals surface area contributed by atoms with Crippen LogP contribution < -0.4 is 14.8 Å². The van der Waals surface area contributed by atoms with Crippen LogP contribution in [-0.4, -0.2) is 31.7 Å². The van der Waals surface area contributed by atoms with Crippen molar-refractivity contribution in [3.63, 3.8) is 0 Å². The van der Waals surface area contributed by atoms with Crippen LogP contribution in [0.2, 0.25) is 0 Å². The molecule has 3 rings (SSSR count). The number of carbonyl (C=O) groups excluding carboxylic acids is 1. The maximum atomic E-state index is 12.6. The first-order valence-corrected chi connectivity index (χ1v) is 8.92. The second-order valence-electron chi connectivity index (χ2n) is 6.22. The summed E-state index contributed by atoms with van der Waals surface area (Å²) in [4.78, 5) is 14.3. The minimum Gasteiger partial charge on any atom is -0.493 e. The van der Waals surface area contributed by atoms with Crippen LogP contribution in [-0.2, 0) is 6.54 Å². The summed E-state index contributed by atoms with van der Waals surface area (Å²) >= 11 is 0. The monoisotopic (exact) mass is 364 g/mol. The Labute approximate surface area is 159 Å². The third-order valence-corrected chi connectivity index (χ3v) is 4.35. The number of urea groups is 1. The molecule has 0 aliphatic carbocycles. The van der Waals surface area contributed by atoms with Crippen molar-refractivity contribution in [2.75, 3.05) is 26.1 Å². The van der Waals surface area contributed by atoms with Gasteiger partial charge in [0.25, 0.3) is 0 Å². The quantitative estimate of drug-likeness (QED) is 0.676. The lowest BCUT2D eigenvalue weighted by Gasteiger charge is -2.20. The lowest BCUT2D eigenvalue weighted by atomic mass is 10.0. The molecule has 0 bridgehead atoms. The molecule has 5 heteroatoms. The van der Waals surface area contributed by atoms with E-state index in [0.717, 1.165) is 10.9 Å². The van der Waals surface area contributed by atoms with Gasteiger partial charge in [-0.05, 0) is 35.4 Å². The molecular formula is C22H24N2O3. The summed E-state index contributed by atoms with van der Waals surface area (Å²) in [5, 5.41) is 5.23. The Balaban J connectivity index is 1.73. The molecule has 0 fully saturated rings. The molecule has 3 aromatic rings. The normalized spacial score (nSPS) is 10.5. The van der Waals surface area contributed by atoms with Gasteiger partial charge in [0.15, 0.2) is 11.5 Å². The molecule has 0 unspecified atom stereocenters. The van der Waals surface area contributed by atoms with Crippen LogP contribution in [0.5, 0.6) is 11.5 Å². The van der Waals surface area contributed by atoms with Crippen LogP contribution in [0.4, 0.5) is 10.5 Å². The summed E-state index contributed by atoms with van der Waals surface area (Å²) in [6.45, 7) is 2.94. The van der Waals surface area contributed by atoms with Gasteiger partial charge < -0.3 is 19.7 Å². The zero-order valence-electron chi connectivity index (χ0n) is 15.9. The van der Waals surface area contributed by atoms with E-state index in [1.54, 1.807) is 37.3 Å². The van der Waals surface area contributed by atoms with E-state index < -0.39 is 0 Å². The first-order chi connectivity index (χ1) is 13.1. The van der Waals surface area contributed by atoms with Crippen molar-refractivity contribution in [1.82, 2.24) is 4.90 Å². The molecule has 0 spiro atoms. The van der Waals surface area contributed by atoms with Gasteiger partial charge in [0.1, 0.15) is 0 Å². The lowest BCUT2D eigenvalue weighted by Crippen LogP contribution is -2.30. The summed E-state index contributed by atoms with van der Waals surface area (Å²) in [5.41, 5.74) is 1.77. The number of benzene rings is 3. The van der Waals surface area contributed by atoms with E-state index in [2.05, 4.69) is 23.5 Å². The van der Waals surface area contributed by atoms with E-state index in [1.807, 2.05) is 31.2 Å². The van der Waals surface area contributed by atoms with Gasteiger partial charge in [-0.1, -0.05) is 42.5 Å². The molecule has 0 radical (unpaired) electrons. The number of ether oxygens (including phenoxy) is 2. The Morgan fingerprint density at radius 2 is 1.81 bits per heavy atom.